The van der Waals surface area contributed by atoms with Crippen molar-refractivity contribution in [3.63, 3.8) is 0 Å². The number of halogens is 2. The van der Waals surface area contributed by atoms with Gasteiger partial charge in [0, 0.05) is 31.0 Å². The van der Waals surface area contributed by atoms with Gasteiger partial charge in [-0.2, -0.15) is 0 Å². The normalized spacial score (nSPS) is 18.7. The summed E-state index contributed by atoms with van der Waals surface area (Å²) >= 11 is 2.04. The predicted molar refractivity (Wildman–Crippen MR) is 155 cm³/mol. The van der Waals surface area contributed by atoms with Gasteiger partial charge in [0.1, 0.15) is 18.0 Å². The van der Waals surface area contributed by atoms with Crippen molar-refractivity contribution in [3.8, 4) is 11.5 Å². The second kappa shape index (κ2) is 14.8. The molecule has 9 nitrogen and oxygen atoms in total. The van der Waals surface area contributed by atoms with Gasteiger partial charge in [-0.15, -0.1) is 0 Å². The average molecular weight is 671 g/mol. The fourth-order valence-corrected chi connectivity index (χ4v) is 5.40. The number of nitrogens with one attached hydrogen (secondary N) is 1. The molecule has 0 aliphatic heterocycles. The van der Waals surface area contributed by atoms with E-state index in [-0.39, 0.29) is 44.4 Å². The van der Waals surface area contributed by atoms with Gasteiger partial charge in [0.15, 0.2) is 11.5 Å². The Hall–Kier alpha value is -2.74. The zero-order valence-corrected chi connectivity index (χ0v) is 24.9. The number of carbonyl (C=O) groups excluding carboxylic acids is 2. The second-order valence-electron chi connectivity index (χ2n) is 9.85. The van der Waals surface area contributed by atoms with Crippen LogP contribution in [0, 0.1) is 15.3 Å². The molecular formula is C29H36FIN2O7. The fraction of sp³-hybridized carbons (Fsp3) is 0.448. The maximum atomic E-state index is 13.8. The molecule has 1 aliphatic carbocycles. The minimum Gasteiger partial charge on any atom is -0.493 e. The number of hydrogen-bond donors (Lipinski definition) is 4. The Bertz CT molecular complexity index is 1220. The summed E-state index contributed by atoms with van der Waals surface area (Å²) in [6, 6.07) is 8.63. The number of amides is 2. The Morgan fingerprint density at radius 2 is 1.95 bits per heavy atom. The number of methoxy groups -OCH3 is 1. The molecule has 0 fully saturated rings. The Morgan fingerprint density at radius 3 is 2.58 bits per heavy atom. The van der Waals surface area contributed by atoms with Crippen LogP contribution in [0.2, 0.25) is 0 Å². The molecule has 0 saturated heterocycles. The van der Waals surface area contributed by atoms with Crippen molar-refractivity contribution in [2.45, 2.75) is 51.5 Å². The van der Waals surface area contributed by atoms with Crippen molar-refractivity contribution >= 4 is 34.4 Å². The van der Waals surface area contributed by atoms with Gasteiger partial charge < -0.3 is 35.0 Å². The molecule has 0 aromatic heterocycles. The third kappa shape index (κ3) is 7.93. The number of carbonyl (C=O) groups is 2. The Labute approximate surface area is 247 Å². The van der Waals surface area contributed by atoms with Gasteiger partial charge in [-0.1, -0.05) is 26.0 Å². The SMILES string of the molecule is COc1cc(CO)cc(I)c1OC1C=C(C(=O)NCCO)CC(N(CCc2cccc(F)c2)C(=O)C(C)C)C1O. The Kier molecular flexibility index (Phi) is 11.7. The summed E-state index contributed by atoms with van der Waals surface area (Å²) in [5.74, 6) is -0.797. The summed E-state index contributed by atoms with van der Waals surface area (Å²) in [6.45, 7) is 3.28. The van der Waals surface area contributed by atoms with E-state index < -0.39 is 30.1 Å². The Balaban J connectivity index is 2.00. The first kappa shape index (κ1) is 31.8. The molecule has 40 heavy (non-hydrogen) atoms. The van der Waals surface area contributed by atoms with Crippen molar-refractivity contribution in [2.24, 2.45) is 5.92 Å². The lowest BCUT2D eigenvalue weighted by molar-refractivity contribution is -0.141. The third-order valence-corrected chi connectivity index (χ3v) is 7.45. The number of rotatable bonds is 12. The van der Waals surface area contributed by atoms with E-state index in [4.69, 9.17) is 9.47 Å². The first-order valence-electron chi connectivity index (χ1n) is 13.1. The first-order chi connectivity index (χ1) is 19.1. The molecule has 1 aliphatic rings. The highest BCUT2D eigenvalue weighted by atomic mass is 127. The van der Waals surface area contributed by atoms with Crippen LogP contribution in [-0.2, 0) is 22.6 Å². The molecule has 3 rings (SSSR count). The molecule has 2 aromatic rings. The highest BCUT2D eigenvalue weighted by molar-refractivity contribution is 14.1. The summed E-state index contributed by atoms with van der Waals surface area (Å²) in [7, 11) is 1.46. The summed E-state index contributed by atoms with van der Waals surface area (Å²) in [5, 5.41) is 33.0. The highest BCUT2D eigenvalue weighted by Crippen LogP contribution is 2.37. The molecular weight excluding hydrogens is 634 g/mol. The largest absolute Gasteiger partial charge is 0.493 e. The van der Waals surface area contributed by atoms with Crippen LogP contribution in [-0.4, -0.2) is 77.1 Å². The monoisotopic (exact) mass is 670 g/mol. The van der Waals surface area contributed by atoms with E-state index in [0.717, 1.165) is 0 Å². The number of ether oxygens (including phenoxy) is 2. The molecule has 0 heterocycles. The quantitative estimate of drug-likeness (QED) is 0.256. The lowest BCUT2D eigenvalue weighted by Crippen LogP contribution is -2.56. The van der Waals surface area contributed by atoms with Crippen LogP contribution >= 0.6 is 22.6 Å². The van der Waals surface area contributed by atoms with E-state index >= 15 is 0 Å². The van der Waals surface area contributed by atoms with Crippen molar-refractivity contribution in [3.05, 3.63) is 68.6 Å². The smallest absolute Gasteiger partial charge is 0.247 e. The van der Waals surface area contributed by atoms with Crippen molar-refractivity contribution in [1.82, 2.24) is 10.2 Å². The van der Waals surface area contributed by atoms with E-state index in [1.165, 1.54) is 25.3 Å². The van der Waals surface area contributed by atoms with Crippen LogP contribution in [0.25, 0.3) is 0 Å². The lowest BCUT2D eigenvalue weighted by atomic mass is 9.87. The Morgan fingerprint density at radius 1 is 1.20 bits per heavy atom. The molecule has 11 heteroatoms. The highest BCUT2D eigenvalue weighted by Gasteiger charge is 2.41. The maximum absolute atomic E-state index is 13.8. The van der Waals surface area contributed by atoms with Gasteiger partial charge in [0.05, 0.1) is 29.9 Å². The summed E-state index contributed by atoms with van der Waals surface area (Å²) in [4.78, 5) is 28.0. The van der Waals surface area contributed by atoms with Crippen molar-refractivity contribution < 1.29 is 38.8 Å². The van der Waals surface area contributed by atoms with Crippen molar-refractivity contribution in [2.75, 3.05) is 26.8 Å². The van der Waals surface area contributed by atoms with E-state index in [2.05, 4.69) is 5.32 Å². The van der Waals surface area contributed by atoms with Gasteiger partial charge in [-0.05, 0) is 70.5 Å². The van der Waals surface area contributed by atoms with Crippen LogP contribution in [0.1, 0.15) is 31.4 Å². The number of hydrogen-bond acceptors (Lipinski definition) is 7. The summed E-state index contributed by atoms with van der Waals surface area (Å²) in [5.41, 5.74) is 1.60. The van der Waals surface area contributed by atoms with Gasteiger partial charge in [0.25, 0.3) is 0 Å². The molecule has 0 radical (unpaired) electrons. The third-order valence-electron chi connectivity index (χ3n) is 6.65. The van der Waals surface area contributed by atoms with E-state index in [9.17, 15) is 29.3 Å². The van der Waals surface area contributed by atoms with Crippen LogP contribution in [0.4, 0.5) is 4.39 Å². The number of aliphatic hydroxyl groups is 3. The standard InChI is InChI=1S/C29H36FIN2O7/c1-17(2)29(38)33(9-7-18-5-4-6-21(30)11-18)23-14-20(28(37)32-8-10-34)15-24(26(23)36)40-27-22(31)12-19(16-35)13-25(27)39-3/h4-6,11-13,15,17,23-24,26,34-36H,7-10,14,16H2,1-3H3,(H,32,37). The van der Waals surface area contributed by atoms with Gasteiger partial charge in [-0.3, -0.25) is 9.59 Å². The predicted octanol–water partition coefficient (Wildman–Crippen LogP) is 2.57. The zero-order chi connectivity index (χ0) is 29.4. The van der Waals surface area contributed by atoms with Crippen LogP contribution < -0.4 is 14.8 Å². The van der Waals surface area contributed by atoms with Crippen LogP contribution in [0.15, 0.2) is 48.0 Å². The summed E-state index contributed by atoms with van der Waals surface area (Å²) < 4.78 is 26.1. The molecule has 4 N–H and O–H groups in total. The summed E-state index contributed by atoms with van der Waals surface area (Å²) in [6.07, 6.45) is -0.337. The van der Waals surface area contributed by atoms with Gasteiger partial charge in [0.2, 0.25) is 11.8 Å². The minimum atomic E-state index is -1.22. The molecule has 3 atom stereocenters. The fourth-order valence-electron chi connectivity index (χ4n) is 4.61. The van der Waals surface area contributed by atoms with Crippen LogP contribution in [0.5, 0.6) is 11.5 Å². The molecule has 218 valence electrons. The van der Waals surface area contributed by atoms with E-state index in [1.807, 2.05) is 22.6 Å². The number of aliphatic hydroxyl groups excluding tert-OH is 3. The van der Waals surface area contributed by atoms with E-state index in [0.29, 0.717) is 38.2 Å². The average Bonchev–Trinajstić information content (AvgIpc) is 2.93. The molecule has 0 spiro atoms. The van der Waals surface area contributed by atoms with Crippen molar-refractivity contribution in [1.29, 1.82) is 0 Å². The number of nitrogens with zero attached hydrogens (tertiary/aromatic N) is 1. The molecule has 0 bridgehead atoms. The number of benzene rings is 2. The van der Waals surface area contributed by atoms with E-state index in [1.54, 1.807) is 43.0 Å². The second-order valence-corrected chi connectivity index (χ2v) is 11.0. The zero-order valence-electron chi connectivity index (χ0n) is 22.8. The minimum absolute atomic E-state index is 0.0392. The van der Waals surface area contributed by atoms with Crippen LogP contribution in [0.3, 0.4) is 0 Å². The van der Waals surface area contributed by atoms with Gasteiger partial charge >= 0.3 is 0 Å². The maximum Gasteiger partial charge on any atom is 0.247 e. The molecule has 2 aromatic carbocycles. The lowest BCUT2D eigenvalue weighted by Gasteiger charge is -2.41. The molecule has 3 unspecified atom stereocenters. The topological polar surface area (TPSA) is 129 Å². The van der Waals surface area contributed by atoms with Gasteiger partial charge in [-0.25, -0.2) is 4.39 Å². The molecule has 0 saturated carbocycles. The first-order valence-corrected chi connectivity index (χ1v) is 14.1. The molecule has 2 amide bonds.